The number of amides is 2. The summed E-state index contributed by atoms with van der Waals surface area (Å²) in [6.45, 7) is 4.16. The Labute approximate surface area is 195 Å². The monoisotopic (exact) mass is 451 g/mol. The van der Waals surface area contributed by atoms with E-state index in [-0.39, 0.29) is 36.5 Å². The maximum absolute atomic E-state index is 13.5. The molecular weight excluding hydrogens is 418 g/mol. The van der Waals surface area contributed by atoms with E-state index in [2.05, 4.69) is 5.32 Å². The van der Waals surface area contributed by atoms with E-state index in [1.54, 1.807) is 23.1 Å². The van der Waals surface area contributed by atoms with Gasteiger partial charge in [0, 0.05) is 24.2 Å². The molecular formula is C26H33N3O4. The molecule has 0 radical (unpaired) electrons. The van der Waals surface area contributed by atoms with Crippen LogP contribution in [0.5, 0.6) is 0 Å². The Morgan fingerprint density at radius 1 is 1.09 bits per heavy atom. The zero-order valence-electron chi connectivity index (χ0n) is 19.5. The van der Waals surface area contributed by atoms with E-state index in [1.165, 1.54) is 12.5 Å². The molecule has 1 saturated carbocycles. The fourth-order valence-electron chi connectivity index (χ4n) is 4.46. The highest BCUT2D eigenvalue weighted by molar-refractivity contribution is 5.89. The van der Waals surface area contributed by atoms with Gasteiger partial charge in [0.25, 0.3) is 5.69 Å². The highest BCUT2D eigenvalue weighted by atomic mass is 16.6. The first kappa shape index (κ1) is 24.4. The zero-order chi connectivity index (χ0) is 23.8. The van der Waals surface area contributed by atoms with Gasteiger partial charge in [-0.2, -0.15) is 0 Å². The molecule has 0 spiro atoms. The van der Waals surface area contributed by atoms with Gasteiger partial charge in [-0.15, -0.1) is 0 Å². The number of benzene rings is 2. The number of rotatable bonds is 9. The third-order valence-electron chi connectivity index (χ3n) is 6.34. The van der Waals surface area contributed by atoms with Crippen molar-refractivity contribution in [3.8, 4) is 0 Å². The van der Waals surface area contributed by atoms with Crippen LogP contribution >= 0.6 is 0 Å². The van der Waals surface area contributed by atoms with Gasteiger partial charge in [-0.1, -0.05) is 74.2 Å². The standard InChI is InChI=1S/C26H33N3O4/c1-3-23(26(31)27-22-10-5-4-6-11-22)28(18-20-15-13-19(2)14-16-20)25(30)17-21-9-7-8-12-24(21)29(32)33/h7-9,12-16,22-23H,3-6,10-11,17-18H2,1-2H3,(H,27,31)/t23-/m1/s1. The molecule has 176 valence electrons. The molecule has 2 aromatic rings. The summed E-state index contributed by atoms with van der Waals surface area (Å²) in [5.41, 5.74) is 2.30. The fraction of sp³-hybridized carbons (Fsp3) is 0.462. The highest BCUT2D eigenvalue weighted by Crippen LogP contribution is 2.22. The number of aryl methyl sites for hydroxylation is 1. The van der Waals surface area contributed by atoms with E-state index in [1.807, 2.05) is 38.1 Å². The number of nitrogens with zero attached hydrogens (tertiary/aromatic N) is 2. The first-order valence-electron chi connectivity index (χ1n) is 11.8. The van der Waals surface area contributed by atoms with Gasteiger partial charge in [0.2, 0.25) is 11.8 Å². The van der Waals surface area contributed by atoms with Crippen molar-refractivity contribution in [2.24, 2.45) is 0 Å². The smallest absolute Gasteiger partial charge is 0.273 e. The van der Waals surface area contributed by atoms with E-state index < -0.39 is 11.0 Å². The second kappa shape index (κ2) is 11.6. The minimum absolute atomic E-state index is 0.0826. The second-order valence-corrected chi connectivity index (χ2v) is 8.84. The Hall–Kier alpha value is -3.22. The van der Waals surface area contributed by atoms with Gasteiger partial charge in [-0.3, -0.25) is 19.7 Å². The maximum Gasteiger partial charge on any atom is 0.273 e. The summed E-state index contributed by atoms with van der Waals surface area (Å²) in [4.78, 5) is 39.3. The molecule has 1 fully saturated rings. The molecule has 2 amide bonds. The van der Waals surface area contributed by atoms with E-state index in [9.17, 15) is 19.7 Å². The Bertz CT molecular complexity index is 968. The van der Waals surface area contributed by atoms with Crippen LogP contribution in [0.3, 0.4) is 0 Å². The van der Waals surface area contributed by atoms with Crippen molar-refractivity contribution in [1.29, 1.82) is 0 Å². The number of hydrogen-bond acceptors (Lipinski definition) is 4. The van der Waals surface area contributed by atoms with Crippen LogP contribution in [0.2, 0.25) is 0 Å². The molecule has 0 bridgehead atoms. The van der Waals surface area contributed by atoms with Crippen LogP contribution in [0, 0.1) is 17.0 Å². The lowest BCUT2D eigenvalue weighted by atomic mass is 9.95. The largest absolute Gasteiger partial charge is 0.352 e. The van der Waals surface area contributed by atoms with Crippen LogP contribution in [0.25, 0.3) is 0 Å². The fourth-order valence-corrected chi connectivity index (χ4v) is 4.46. The third-order valence-corrected chi connectivity index (χ3v) is 6.34. The van der Waals surface area contributed by atoms with E-state index >= 15 is 0 Å². The number of nitro groups is 1. The van der Waals surface area contributed by atoms with Crippen LogP contribution in [0.1, 0.15) is 62.1 Å². The number of nitro benzene ring substituents is 1. The topological polar surface area (TPSA) is 92.6 Å². The van der Waals surface area contributed by atoms with Gasteiger partial charge in [0.1, 0.15) is 6.04 Å². The Kier molecular flexibility index (Phi) is 8.58. The summed E-state index contributed by atoms with van der Waals surface area (Å²) in [6.07, 6.45) is 5.66. The third kappa shape index (κ3) is 6.63. The highest BCUT2D eigenvalue weighted by Gasteiger charge is 2.31. The van der Waals surface area contributed by atoms with E-state index in [0.29, 0.717) is 12.0 Å². The van der Waals surface area contributed by atoms with Crippen LogP contribution in [-0.4, -0.2) is 33.7 Å². The number of hydrogen-bond donors (Lipinski definition) is 1. The molecule has 0 aromatic heterocycles. The second-order valence-electron chi connectivity index (χ2n) is 8.84. The van der Waals surface area contributed by atoms with Crippen molar-refractivity contribution in [3.05, 3.63) is 75.3 Å². The van der Waals surface area contributed by atoms with Gasteiger partial charge in [-0.25, -0.2) is 0 Å². The van der Waals surface area contributed by atoms with Gasteiger partial charge >= 0.3 is 0 Å². The lowest BCUT2D eigenvalue weighted by Gasteiger charge is -2.33. The molecule has 0 saturated heterocycles. The molecule has 0 unspecified atom stereocenters. The predicted octanol–water partition coefficient (Wildman–Crippen LogP) is 4.70. The molecule has 0 aliphatic heterocycles. The summed E-state index contributed by atoms with van der Waals surface area (Å²) in [7, 11) is 0. The van der Waals surface area contributed by atoms with Crippen molar-refractivity contribution in [3.63, 3.8) is 0 Å². The molecule has 1 atom stereocenters. The summed E-state index contributed by atoms with van der Waals surface area (Å²) in [5, 5.41) is 14.6. The average Bonchev–Trinajstić information content (AvgIpc) is 2.81. The molecule has 7 heteroatoms. The summed E-state index contributed by atoms with van der Waals surface area (Å²) < 4.78 is 0. The quantitative estimate of drug-likeness (QED) is 0.442. The summed E-state index contributed by atoms with van der Waals surface area (Å²) >= 11 is 0. The zero-order valence-corrected chi connectivity index (χ0v) is 19.5. The van der Waals surface area contributed by atoms with Gasteiger partial charge < -0.3 is 10.2 Å². The van der Waals surface area contributed by atoms with Crippen LogP contribution in [0.4, 0.5) is 5.69 Å². The molecule has 7 nitrogen and oxygen atoms in total. The lowest BCUT2D eigenvalue weighted by Crippen LogP contribution is -2.52. The molecule has 33 heavy (non-hydrogen) atoms. The van der Waals surface area contributed by atoms with E-state index in [0.717, 1.165) is 36.8 Å². The first-order chi connectivity index (χ1) is 15.9. The SMILES string of the molecule is CC[C@H](C(=O)NC1CCCCC1)N(Cc1ccc(C)cc1)C(=O)Cc1ccccc1[N+](=O)[O-]. The molecule has 2 aromatic carbocycles. The van der Waals surface area contributed by atoms with Crippen molar-refractivity contribution >= 4 is 17.5 Å². The van der Waals surface area contributed by atoms with Gasteiger partial charge in [0.05, 0.1) is 11.3 Å². The summed E-state index contributed by atoms with van der Waals surface area (Å²) in [5.74, 6) is -0.442. The van der Waals surface area contributed by atoms with Gasteiger partial charge in [0.15, 0.2) is 0 Å². The van der Waals surface area contributed by atoms with Crippen molar-refractivity contribution in [1.82, 2.24) is 10.2 Å². The Morgan fingerprint density at radius 2 is 1.76 bits per heavy atom. The lowest BCUT2D eigenvalue weighted by molar-refractivity contribution is -0.385. The number of nitrogens with one attached hydrogen (secondary N) is 1. The molecule has 1 aliphatic rings. The molecule has 1 N–H and O–H groups in total. The predicted molar refractivity (Wildman–Crippen MR) is 128 cm³/mol. The normalized spacial score (nSPS) is 15.0. The minimum atomic E-state index is -0.636. The van der Waals surface area contributed by atoms with E-state index in [4.69, 9.17) is 0 Å². The Morgan fingerprint density at radius 3 is 2.39 bits per heavy atom. The molecule has 1 aliphatic carbocycles. The van der Waals surface area contributed by atoms with Crippen molar-refractivity contribution in [2.45, 2.75) is 77.4 Å². The Balaban J connectivity index is 1.85. The summed E-state index contributed by atoms with van der Waals surface area (Å²) in [6, 6.07) is 13.6. The van der Waals surface area contributed by atoms with Crippen LogP contribution in [-0.2, 0) is 22.6 Å². The van der Waals surface area contributed by atoms with Crippen LogP contribution < -0.4 is 5.32 Å². The van der Waals surface area contributed by atoms with Crippen LogP contribution in [0.15, 0.2) is 48.5 Å². The van der Waals surface area contributed by atoms with Crippen molar-refractivity contribution in [2.75, 3.05) is 0 Å². The number of para-hydroxylation sites is 1. The van der Waals surface area contributed by atoms with Crippen molar-refractivity contribution < 1.29 is 14.5 Å². The number of carbonyl (C=O) groups is 2. The van der Waals surface area contributed by atoms with Gasteiger partial charge in [-0.05, 0) is 31.7 Å². The first-order valence-corrected chi connectivity index (χ1v) is 11.8. The molecule has 3 rings (SSSR count). The number of carbonyl (C=O) groups excluding carboxylic acids is 2. The maximum atomic E-state index is 13.5. The average molecular weight is 452 g/mol. The minimum Gasteiger partial charge on any atom is -0.352 e. The molecule has 0 heterocycles.